The van der Waals surface area contributed by atoms with Gasteiger partial charge in [-0.15, -0.1) is 23.1 Å². The summed E-state index contributed by atoms with van der Waals surface area (Å²) in [7, 11) is 1.47. The molecule has 2 aromatic rings. The van der Waals surface area contributed by atoms with Crippen LogP contribution in [0.15, 0.2) is 35.2 Å². The summed E-state index contributed by atoms with van der Waals surface area (Å²) in [5, 5.41) is 5.17. The summed E-state index contributed by atoms with van der Waals surface area (Å²) in [6.07, 6.45) is 4.78. The van der Waals surface area contributed by atoms with Crippen molar-refractivity contribution in [3.8, 4) is 0 Å². The predicted molar refractivity (Wildman–Crippen MR) is 125 cm³/mol. The molecule has 0 radical (unpaired) electrons. The number of ether oxygens (including phenoxy) is 2. The van der Waals surface area contributed by atoms with Crippen LogP contribution in [0.1, 0.15) is 38.1 Å². The van der Waals surface area contributed by atoms with E-state index in [1.807, 2.05) is 30.5 Å². The van der Waals surface area contributed by atoms with Gasteiger partial charge in [0, 0.05) is 18.0 Å². The van der Waals surface area contributed by atoms with Crippen LogP contribution in [0.25, 0.3) is 6.08 Å². The fourth-order valence-electron chi connectivity index (χ4n) is 2.61. The van der Waals surface area contributed by atoms with Gasteiger partial charge in [-0.3, -0.25) is 9.59 Å². The molecule has 1 aromatic heterocycles. The van der Waals surface area contributed by atoms with Gasteiger partial charge >= 0.3 is 11.9 Å². The van der Waals surface area contributed by atoms with E-state index < -0.39 is 24.5 Å². The number of hydrogen-bond donors (Lipinski definition) is 2. The van der Waals surface area contributed by atoms with Crippen molar-refractivity contribution in [2.45, 2.75) is 18.7 Å². The number of anilines is 1. The van der Waals surface area contributed by atoms with Gasteiger partial charge in [-0.25, -0.2) is 9.59 Å². The monoisotopic (exact) mass is 476 g/mol. The molecule has 0 fully saturated rings. The lowest BCUT2D eigenvalue weighted by Gasteiger charge is -2.07. The third kappa shape index (κ3) is 6.69. The average molecular weight is 477 g/mol. The molecule has 8 nitrogen and oxygen atoms in total. The van der Waals surface area contributed by atoms with Crippen molar-refractivity contribution in [1.82, 2.24) is 5.32 Å². The van der Waals surface area contributed by atoms with Gasteiger partial charge < -0.3 is 20.1 Å². The van der Waals surface area contributed by atoms with E-state index in [0.717, 1.165) is 21.8 Å². The van der Waals surface area contributed by atoms with Gasteiger partial charge in [0.15, 0.2) is 6.61 Å². The molecule has 0 bridgehead atoms. The highest BCUT2D eigenvalue weighted by molar-refractivity contribution is 7.98. The zero-order valence-corrected chi connectivity index (χ0v) is 19.8. The first-order valence-electron chi connectivity index (χ1n) is 9.62. The molecule has 10 heteroatoms. The van der Waals surface area contributed by atoms with Crippen LogP contribution < -0.4 is 10.6 Å². The van der Waals surface area contributed by atoms with E-state index in [-0.39, 0.29) is 28.0 Å². The van der Waals surface area contributed by atoms with Crippen molar-refractivity contribution in [3.05, 3.63) is 51.9 Å². The summed E-state index contributed by atoms with van der Waals surface area (Å²) in [5.41, 5.74) is 1.32. The van der Waals surface area contributed by atoms with Crippen LogP contribution in [-0.2, 0) is 19.1 Å². The summed E-state index contributed by atoms with van der Waals surface area (Å²) in [6, 6.07) is 7.59. The number of thioether (sulfide) groups is 1. The van der Waals surface area contributed by atoms with E-state index in [0.29, 0.717) is 5.56 Å². The molecule has 0 aliphatic carbocycles. The number of esters is 2. The second-order valence-electron chi connectivity index (χ2n) is 6.32. The second kappa shape index (κ2) is 12.1. The fraction of sp³-hybridized carbons (Fsp3) is 0.273. The van der Waals surface area contributed by atoms with Gasteiger partial charge in [0.25, 0.3) is 11.8 Å². The molecule has 0 atom stereocenters. The molecule has 0 spiro atoms. The van der Waals surface area contributed by atoms with Gasteiger partial charge in [-0.1, -0.05) is 12.1 Å². The van der Waals surface area contributed by atoms with Gasteiger partial charge in [0.2, 0.25) is 0 Å². The summed E-state index contributed by atoms with van der Waals surface area (Å²) < 4.78 is 10.00. The number of thiophene rings is 1. The first-order valence-corrected chi connectivity index (χ1v) is 11.7. The molecule has 0 aliphatic rings. The van der Waals surface area contributed by atoms with Crippen molar-refractivity contribution >= 4 is 57.9 Å². The molecule has 2 rings (SSSR count). The SMILES string of the molecule is CCOC(=O)c1c(NC(=O)COC(=O)C=Cc2ccc(SC)cc2)sc(C(=O)NC)c1C. The number of carbonyl (C=O) groups excluding carboxylic acids is 4. The summed E-state index contributed by atoms with van der Waals surface area (Å²) >= 11 is 2.56. The van der Waals surface area contributed by atoms with Crippen LogP contribution in [0.3, 0.4) is 0 Å². The maximum atomic E-state index is 12.3. The van der Waals surface area contributed by atoms with E-state index in [1.165, 1.54) is 13.1 Å². The minimum atomic E-state index is -0.687. The standard InChI is InChI=1S/C22H24N2O6S2/c1-5-29-22(28)18-13(2)19(20(27)23-3)32-21(18)24-16(25)12-30-17(26)11-8-14-6-9-15(31-4)10-7-14/h6-11H,5,12H2,1-4H3,(H,23,27)(H,24,25). The van der Waals surface area contributed by atoms with E-state index in [2.05, 4.69) is 10.6 Å². The first-order chi connectivity index (χ1) is 15.3. The maximum absolute atomic E-state index is 12.3. The van der Waals surface area contributed by atoms with E-state index in [4.69, 9.17) is 9.47 Å². The minimum absolute atomic E-state index is 0.101. The number of benzene rings is 1. The lowest BCUT2D eigenvalue weighted by Crippen LogP contribution is -2.21. The molecule has 2 amide bonds. The zero-order valence-electron chi connectivity index (χ0n) is 18.1. The quantitative estimate of drug-likeness (QED) is 0.324. The van der Waals surface area contributed by atoms with Crippen LogP contribution in [0, 0.1) is 6.92 Å². The number of amides is 2. The molecule has 170 valence electrons. The summed E-state index contributed by atoms with van der Waals surface area (Å²) in [6.45, 7) is 2.84. The molecule has 0 unspecified atom stereocenters. The van der Waals surface area contributed by atoms with Crippen LogP contribution in [0.2, 0.25) is 0 Å². The Kier molecular flexibility index (Phi) is 9.48. The average Bonchev–Trinajstić information content (AvgIpc) is 3.11. The van der Waals surface area contributed by atoms with Crippen molar-refractivity contribution in [2.24, 2.45) is 0 Å². The van der Waals surface area contributed by atoms with Crippen LogP contribution in [0.4, 0.5) is 5.00 Å². The maximum Gasteiger partial charge on any atom is 0.341 e. The van der Waals surface area contributed by atoms with Crippen molar-refractivity contribution in [3.63, 3.8) is 0 Å². The Hall–Kier alpha value is -3.11. The highest BCUT2D eigenvalue weighted by Gasteiger charge is 2.26. The van der Waals surface area contributed by atoms with Gasteiger partial charge in [0.1, 0.15) is 5.00 Å². The lowest BCUT2D eigenvalue weighted by atomic mass is 10.1. The molecule has 1 aromatic carbocycles. The topological polar surface area (TPSA) is 111 Å². The van der Waals surface area contributed by atoms with E-state index in [9.17, 15) is 19.2 Å². The molecule has 0 saturated heterocycles. The normalized spacial score (nSPS) is 10.6. The van der Waals surface area contributed by atoms with Crippen molar-refractivity contribution in [1.29, 1.82) is 0 Å². The minimum Gasteiger partial charge on any atom is -0.462 e. The Labute approximate surface area is 194 Å². The Morgan fingerprint density at radius 2 is 1.81 bits per heavy atom. The molecular formula is C22H24N2O6S2. The third-order valence-corrected chi connectivity index (χ3v) is 6.14. The molecule has 0 saturated carbocycles. The van der Waals surface area contributed by atoms with Crippen LogP contribution >= 0.6 is 23.1 Å². The second-order valence-corrected chi connectivity index (χ2v) is 8.22. The zero-order chi connectivity index (χ0) is 23.7. The lowest BCUT2D eigenvalue weighted by molar-refractivity contribution is -0.142. The predicted octanol–water partition coefficient (Wildman–Crippen LogP) is 3.51. The van der Waals surface area contributed by atoms with Crippen LogP contribution in [0.5, 0.6) is 0 Å². The highest BCUT2D eigenvalue weighted by atomic mass is 32.2. The molecule has 32 heavy (non-hydrogen) atoms. The van der Waals surface area contributed by atoms with E-state index >= 15 is 0 Å². The Balaban J connectivity index is 2.03. The smallest absolute Gasteiger partial charge is 0.341 e. The van der Waals surface area contributed by atoms with Crippen molar-refractivity contribution in [2.75, 3.05) is 31.8 Å². The number of rotatable bonds is 9. The van der Waals surface area contributed by atoms with Crippen LogP contribution in [-0.4, -0.2) is 50.3 Å². The molecule has 0 aliphatic heterocycles. The third-order valence-electron chi connectivity index (χ3n) is 4.19. The first kappa shape index (κ1) is 25.2. The van der Waals surface area contributed by atoms with Crippen molar-refractivity contribution < 1.29 is 28.7 Å². The summed E-state index contributed by atoms with van der Waals surface area (Å²) in [5.74, 6) is -2.38. The Morgan fingerprint density at radius 3 is 2.41 bits per heavy atom. The Morgan fingerprint density at radius 1 is 1.12 bits per heavy atom. The number of carbonyl (C=O) groups is 4. The van der Waals surface area contributed by atoms with Gasteiger partial charge in [-0.05, 0) is 49.4 Å². The number of nitrogens with one attached hydrogen (secondary N) is 2. The Bertz CT molecular complexity index is 1030. The van der Waals surface area contributed by atoms with Gasteiger partial charge in [0.05, 0.1) is 17.0 Å². The fourth-order valence-corrected chi connectivity index (χ4v) is 4.17. The summed E-state index contributed by atoms with van der Waals surface area (Å²) in [4.78, 5) is 50.0. The van der Waals surface area contributed by atoms with E-state index in [1.54, 1.807) is 31.7 Å². The molecular weight excluding hydrogens is 452 g/mol. The molecule has 2 N–H and O–H groups in total. The molecule has 1 heterocycles. The van der Waals surface area contributed by atoms with Gasteiger partial charge in [-0.2, -0.15) is 0 Å². The highest BCUT2D eigenvalue weighted by Crippen LogP contribution is 2.33. The number of hydrogen-bond acceptors (Lipinski definition) is 8. The largest absolute Gasteiger partial charge is 0.462 e.